The van der Waals surface area contributed by atoms with Gasteiger partial charge in [-0.25, -0.2) is 4.79 Å². The van der Waals surface area contributed by atoms with Gasteiger partial charge in [0.25, 0.3) is 0 Å². The number of nitrogens with one attached hydrogen (secondary N) is 1. The van der Waals surface area contributed by atoms with E-state index in [9.17, 15) is 14.7 Å². The van der Waals surface area contributed by atoms with Crippen LogP contribution in [0.25, 0.3) is 0 Å². The maximum Gasteiger partial charge on any atom is 0.323 e. The Kier molecular flexibility index (Phi) is 6.52. The molecule has 0 aliphatic carbocycles. The van der Waals surface area contributed by atoms with Crippen molar-refractivity contribution in [2.24, 2.45) is 0 Å². The number of carboxylic acid groups (broad SMARTS) is 1. The Morgan fingerprint density at radius 2 is 1.90 bits per heavy atom. The van der Waals surface area contributed by atoms with Crippen molar-refractivity contribution in [2.75, 3.05) is 11.4 Å². The molecule has 0 fully saturated rings. The number of carbonyl (C=O) groups is 2. The van der Waals surface area contributed by atoms with Crippen molar-refractivity contribution in [3.05, 3.63) is 24.3 Å². The van der Waals surface area contributed by atoms with Gasteiger partial charge in [0.2, 0.25) is 0 Å². The zero-order chi connectivity index (χ0) is 15.8. The Bertz CT molecular complexity index is 473. The van der Waals surface area contributed by atoms with Gasteiger partial charge in [-0.1, -0.05) is 19.8 Å². The minimum Gasteiger partial charge on any atom is -0.508 e. The van der Waals surface area contributed by atoms with Gasteiger partial charge < -0.3 is 15.5 Å². The van der Waals surface area contributed by atoms with Crippen molar-refractivity contribution in [1.29, 1.82) is 0 Å². The molecule has 6 nitrogen and oxygen atoms in total. The number of hydrogen-bond acceptors (Lipinski definition) is 3. The van der Waals surface area contributed by atoms with Gasteiger partial charge in [-0.2, -0.15) is 0 Å². The molecule has 6 heteroatoms. The van der Waals surface area contributed by atoms with Crippen LogP contribution in [0.5, 0.6) is 5.75 Å². The van der Waals surface area contributed by atoms with Gasteiger partial charge in [-0.15, -0.1) is 0 Å². The number of aromatic hydroxyl groups is 1. The van der Waals surface area contributed by atoms with Crippen LogP contribution >= 0.6 is 0 Å². The Morgan fingerprint density at radius 1 is 1.29 bits per heavy atom. The smallest absolute Gasteiger partial charge is 0.323 e. The number of carbonyl (C=O) groups excluding carboxylic acids is 1. The predicted octanol–water partition coefficient (Wildman–Crippen LogP) is 2.57. The molecule has 0 aliphatic rings. The predicted molar refractivity (Wildman–Crippen MR) is 80.6 cm³/mol. The summed E-state index contributed by atoms with van der Waals surface area (Å²) >= 11 is 0. The third-order valence-corrected chi connectivity index (χ3v) is 3.06. The summed E-state index contributed by atoms with van der Waals surface area (Å²) in [5.41, 5.74) is 0.426. The van der Waals surface area contributed by atoms with Crippen molar-refractivity contribution in [3.63, 3.8) is 0 Å². The first kappa shape index (κ1) is 16.8. The normalized spacial score (nSPS) is 11.7. The fraction of sp³-hybridized carbons (Fsp3) is 0.467. The summed E-state index contributed by atoms with van der Waals surface area (Å²) < 4.78 is 0. The second-order valence-corrected chi connectivity index (χ2v) is 4.99. The zero-order valence-electron chi connectivity index (χ0n) is 12.4. The summed E-state index contributed by atoms with van der Waals surface area (Å²) in [5, 5.41) is 21.0. The summed E-state index contributed by atoms with van der Waals surface area (Å²) in [6.45, 7) is 3.53. The van der Waals surface area contributed by atoms with Gasteiger partial charge in [0.05, 0.1) is 0 Å². The average Bonchev–Trinajstić information content (AvgIpc) is 2.43. The van der Waals surface area contributed by atoms with E-state index >= 15 is 0 Å². The van der Waals surface area contributed by atoms with Crippen molar-refractivity contribution >= 4 is 17.7 Å². The van der Waals surface area contributed by atoms with E-state index in [0.717, 1.165) is 24.2 Å². The van der Waals surface area contributed by atoms with E-state index < -0.39 is 18.5 Å². The maximum atomic E-state index is 12.2. The number of anilines is 1. The van der Waals surface area contributed by atoms with E-state index in [1.165, 1.54) is 24.3 Å². The number of benzene rings is 1. The Labute approximate surface area is 124 Å². The number of rotatable bonds is 7. The van der Waals surface area contributed by atoms with Gasteiger partial charge >= 0.3 is 12.0 Å². The van der Waals surface area contributed by atoms with Crippen LogP contribution in [0.4, 0.5) is 10.5 Å². The molecular formula is C15H22N2O4. The molecule has 3 N–H and O–H groups in total. The number of nitrogens with zero attached hydrogens (tertiary/aromatic N) is 1. The molecule has 0 spiro atoms. The number of amides is 2. The topological polar surface area (TPSA) is 89.9 Å². The van der Waals surface area contributed by atoms with Crippen LogP contribution in [0.15, 0.2) is 24.3 Å². The molecule has 0 saturated heterocycles. The summed E-state index contributed by atoms with van der Waals surface area (Å²) in [6.07, 6.45) is 2.88. The number of phenolic OH excluding ortho intramolecular Hbond substituents is 1. The van der Waals surface area contributed by atoms with Gasteiger partial charge in [0.1, 0.15) is 12.3 Å². The zero-order valence-corrected chi connectivity index (χ0v) is 12.4. The largest absolute Gasteiger partial charge is 0.508 e. The van der Waals surface area contributed by atoms with Crippen LogP contribution in [0.2, 0.25) is 0 Å². The highest BCUT2D eigenvalue weighted by molar-refractivity contribution is 5.96. The molecule has 2 amide bonds. The summed E-state index contributed by atoms with van der Waals surface area (Å²) in [6, 6.07) is 5.37. The second-order valence-electron chi connectivity index (χ2n) is 4.99. The first-order chi connectivity index (χ1) is 9.93. The monoisotopic (exact) mass is 294 g/mol. The van der Waals surface area contributed by atoms with E-state index in [1.807, 2.05) is 6.92 Å². The fourth-order valence-corrected chi connectivity index (χ4v) is 1.92. The summed E-state index contributed by atoms with van der Waals surface area (Å²) in [5.74, 6) is -1.04. The molecule has 0 aliphatic heterocycles. The van der Waals surface area contributed by atoms with Crippen LogP contribution < -0.4 is 10.2 Å². The van der Waals surface area contributed by atoms with E-state index in [2.05, 4.69) is 12.2 Å². The molecule has 1 unspecified atom stereocenters. The lowest BCUT2D eigenvalue weighted by Crippen LogP contribution is -2.46. The first-order valence-electron chi connectivity index (χ1n) is 7.03. The third kappa shape index (κ3) is 5.72. The molecule has 1 aromatic rings. The molecule has 0 aromatic heterocycles. The molecule has 21 heavy (non-hydrogen) atoms. The van der Waals surface area contributed by atoms with Gasteiger partial charge in [0.15, 0.2) is 0 Å². The minimum atomic E-state index is -1.10. The molecule has 0 saturated carbocycles. The van der Waals surface area contributed by atoms with Gasteiger partial charge in [-0.3, -0.25) is 9.69 Å². The van der Waals surface area contributed by atoms with Crippen LogP contribution in [-0.2, 0) is 4.79 Å². The van der Waals surface area contributed by atoms with E-state index in [-0.39, 0.29) is 11.8 Å². The van der Waals surface area contributed by atoms with Gasteiger partial charge in [-0.05, 0) is 37.6 Å². The quantitative estimate of drug-likeness (QED) is 0.721. The maximum absolute atomic E-state index is 12.2. The average molecular weight is 294 g/mol. The molecule has 1 rings (SSSR count). The number of phenols is 1. The molecule has 0 heterocycles. The minimum absolute atomic E-state index is 0.0224. The van der Waals surface area contributed by atoms with Crippen molar-refractivity contribution in [1.82, 2.24) is 5.32 Å². The van der Waals surface area contributed by atoms with Crippen LogP contribution in [0.3, 0.4) is 0 Å². The van der Waals surface area contributed by atoms with Crippen LogP contribution in [0, 0.1) is 0 Å². The molecule has 1 aromatic carbocycles. The standard InChI is InChI=1S/C15H22N2O4/c1-3-4-5-11(2)16-15(21)17(10-14(19)20)12-6-8-13(18)9-7-12/h6-9,11,18H,3-5,10H2,1-2H3,(H,16,21)(H,19,20). The van der Waals surface area contributed by atoms with Gasteiger partial charge in [0, 0.05) is 11.7 Å². The second kappa shape index (κ2) is 8.14. The third-order valence-electron chi connectivity index (χ3n) is 3.06. The molecule has 0 bridgehead atoms. The molecule has 1 atom stereocenters. The first-order valence-corrected chi connectivity index (χ1v) is 7.03. The van der Waals surface area contributed by atoms with E-state index in [1.54, 1.807) is 0 Å². The van der Waals surface area contributed by atoms with E-state index in [0.29, 0.717) is 5.69 Å². The Hall–Kier alpha value is -2.24. The highest BCUT2D eigenvalue weighted by atomic mass is 16.4. The number of hydrogen-bond donors (Lipinski definition) is 3. The number of unbranched alkanes of at least 4 members (excludes halogenated alkanes) is 1. The lowest BCUT2D eigenvalue weighted by Gasteiger charge is -2.24. The highest BCUT2D eigenvalue weighted by Gasteiger charge is 2.20. The Morgan fingerprint density at radius 3 is 2.43 bits per heavy atom. The number of aliphatic carboxylic acids is 1. The van der Waals surface area contributed by atoms with Crippen LogP contribution in [-0.4, -0.2) is 34.8 Å². The van der Waals surface area contributed by atoms with Crippen molar-refractivity contribution in [2.45, 2.75) is 39.2 Å². The summed E-state index contributed by atoms with van der Waals surface area (Å²) in [7, 11) is 0. The highest BCUT2D eigenvalue weighted by Crippen LogP contribution is 2.18. The number of urea groups is 1. The lowest BCUT2D eigenvalue weighted by molar-refractivity contribution is -0.135. The van der Waals surface area contributed by atoms with Crippen molar-refractivity contribution < 1.29 is 19.8 Å². The SMILES string of the molecule is CCCCC(C)NC(=O)N(CC(=O)O)c1ccc(O)cc1. The molecular weight excluding hydrogens is 272 g/mol. The Balaban J connectivity index is 2.79. The summed E-state index contributed by atoms with van der Waals surface area (Å²) in [4.78, 5) is 24.3. The van der Waals surface area contributed by atoms with E-state index in [4.69, 9.17) is 5.11 Å². The molecule has 0 radical (unpaired) electrons. The fourth-order valence-electron chi connectivity index (χ4n) is 1.92. The van der Waals surface area contributed by atoms with Crippen molar-refractivity contribution in [3.8, 4) is 5.75 Å². The number of carboxylic acids is 1. The van der Waals surface area contributed by atoms with Crippen LogP contribution in [0.1, 0.15) is 33.1 Å². The lowest BCUT2D eigenvalue weighted by atomic mass is 10.1. The molecule has 116 valence electrons.